The molecule has 0 unspecified atom stereocenters. The van der Waals surface area contributed by atoms with Gasteiger partial charge < -0.3 is 4.74 Å². The van der Waals surface area contributed by atoms with Crippen molar-refractivity contribution in [1.29, 1.82) is 0 Å². The van der Waals surface area contributed by atoms with E-state index in [1.165, 1.54) is 6.40 Å². The summed E-state index contributed by atoms with van der Waals surface area (Å²) in [4.78, 5) is 4.01. The third-order valence-corrected chi connectivity index (χ3v) is 1.11. The number of hydrogen-bond donors (Lipinski definition) is 0. The van der Waals surface area contributed by atoms with E-state index in [2.05, 4.69) is 11.9 Å². The van der Waals surface area contributed by atoms with Crippen molar-refractivity contribution in [2.45, 2.75) is 19.4 Å². The third-order valence-electron chi connectivity index (χ3n) is 1.11. The molecule has 0 fully saturated rings. The van der Waals surface area contributed by atoms with Crippen LogP contribution in [0.5, 0.6) is 0 Å². The molecule has 0 aliphatic carbocycles. The average Bonchev–Trinajstić information content (AvgIpc) is 2.14. The number of nitrogens with zero attached hydrogens (tertiary/aromatic N) is 1. The van der Waals surface area contributed by atoms with E-state index < -0.39 is 0 Å². The molecule has 0 aromatic carbocycles. The van der Waals surface area contributed by atoms with Gasteiger partial charge in [0.05, 0.1) is 6.04 Å². The molecule has 0 aromatic rings. The summed E-state index contributed by atoms with van der Waals surface area (Å²) >= 11 is 0. The van der Waals surface area contributed by atoms with Gasteiger partial charge in [-0.15, -0.1) is 0 Å². The summed E-state index contributed by atoms with van der Waals surface area (Å²) in [5.41, 5.74) is 0. The zero-order chi connectivity index (χ0) is 5.11. The van der Waals surface area contributed by atoms with Crippen LogP contribution in [0.2, 0.25) is 0 Å². The van der Waals surface area contributed by atoms with E-state index in [9.17, 15) is 0 Å². The molecular formula is C5H9NO. The van der Waals surface area contributed by atoms with E-state index >= 15 is 0 Å². The topological polar surface area (TPSA) is 21.6 Å². The molecule has 40 valence electrons. The van der Waals surface area contributed by atoms with Gasteiger partial charge in [-0.25, -0.2) is 0 Å². The van der Waals surface area contributed by atoms with Gasteiger partial charge in [-0.2, -0.15) is 0 Å². The van der Waals surface area contributed by atoms with Crippen molar-refractivity contribution in [2.24, 2.45) is 4.99 Å². The molecule has 2 heteroatoms. The van der Waals surface area contributed by atoms with E-state index in [0.29, 0.717) is 6.04 Å². The number of ether oxygens (including phenoxy) is 1. The zero-order valence-electron chi connectivity index (χ0n) is 4.42. The highest BCUT2D eigenvalue weighted by Crippen LogP contribution is 2.01. The lowest BCUT2D eigenvalue weighted by Gasteiger charge is -1.95. The Kier molecular flexibility index (Phi) is 1.29. The highest BCUT2D eigenvalue weighted by Gasteiger charge is 2.06. The lowest BCUT2D eigenvalue weighted by Crippen LogP contribution is -2.02. The van der Waals surface area contributed by atoms with Crippen LogP contribution in [-0.2, 0) is 4.74 Å². The Morgan fingerprint density at radius 3 is 3.14 bits per heavy atom. The molecule has 0 bridgehead atoms. The fourth-order valence-electron chi connectivity index (χ4n) is 0.550. The van der Waals surface area contributed by atoms with Crippen molar-refractivity contribution in [3.05, 3.63) is 0 Å². The smallest absolute Gasteiger partial charge is 0.169 e. The van der Waals surface area contributed by atoms with E-state index in [-0.39, 0.29) is 0 Å². The van der Waals surface area contributed by atoms with Crippen LogP contribution in [-0.4, -0.2) is 19.0 Å². The first-order valence-electron chi connectivity index (χ1n) is 2.56. The Labute approximate surface area is 43.2 Å². The molecule has 0 N–H and O–H groups in total. The molecule has 2 nitrogen and oxygen atoms in total. The molecule has 1 aliphatic rings. The van der Waals surface area contributed by atoms with Crippen molar-refractivity contribution in [2.75, 3.05) is 6.61 Å². The minimum absolute atomic E-state index is 0.444. The van der Waals surface area contributed by atoms with Gasteiger partial charge in [0, 0.05) is 0 Å². The highest BCUT2D eigenvalue weighted by molar-refractivity contribution is 5.48. The normalized spacial score (nSPS) is 27.9. The first kappa shape index (κ1) is 4.62. The molecule has 1 aliphatic heterocycles. The summed E-state index contributed by atoms with van der Waals surface area (Å²) in [6.45, 7) is 2.90. The van der Waals surface area contributed by atoms with E-state index in [4.69, 9.17) is 4.74 Å². The van der Waals surface area contributed by atoms with Crippen LogP contribution in [0.4, 0.5) is 0 Å². The second-order valence-corrected chi connectivity index (χ2v) is 1.65. The summed E-state index contributed by atoms with van der Waals surface area (Å²) in [6.07, 6.45) is 2.63. The third kappa shape index (κ3) is 0.918. The number of rotatable bonds is 1. The van der Waals surface area contributed by atoms with Gasteiger partial charge in [0.15, 0.2) is 6.40 Å². The molecule has 1 rings (SSSR count). The van der Waals surface area contributed by atoms with E-state index in [1.807, 2.05) is 0 Å². The van der Waals surface area contributed by atoms with Crippen LogP contribution < -0.4 is 0 Å². The van der Waals surface area contributed by atoms with E-state index in [1.54, 1.807) is 0 Å². The summed E-state index contributed by atoms with van der Waals surface area (Å²) in [6, 6.07) is 0.444. The van der Waals surface area contributed by atoms with E-state index in [0.717, 1.165) is 13.0 Å². The standard InChI is InChI=1S/C5H9NO/c1-2-5-3-7-4-6-5/h4-5H,2-3H2,1H3/t5-/m0/s1. The Hall–Kier alpha value is -0.530. The van der Waals surface area contributed by atoms with Crippen molar-refractivity contribution < 1.29 is 4.74 Å². The fourth-order valence-corrected chi connectivity index (χ4v) is 0.550. The zero-order valence-corrected chi connectivity index (χ0v) is 4.42. The lowest BCUT2D eigenvalue weighted by molar-refractivity contribution is 0.325. The van der Waals surface area contributed by atoms with Gasteiger partial charge in [0.25, 0.3) is 0 Å². The Balaban J connectivity index is 2.28. The minimum atomic E-state index is 0.444. The maximum Gasteiger partial charge on any atom is 0.169 e. The first-order chi connectivity index (χ1) is 3.43. The Bertz CT molecular complexity index is 80.1. The van der Waals surface area contributed by atoms with Gasteiger partial charge in [-0.1, -0.05) is 6.92 Å². The number of aliphatic imine (C=N–C) groups is 1. The Morgan fingerprint density at radius 1 is 2.00 bits per heavy atom. The first-order valence-corrected chi connectivity index (χ1v) is 2.56. The van der Waals surface area contributed by atoms with Crippen molar-refractivity contribution in [3.8, 4) is 0 Å². The maximum atomic E-state index is 4.86. The van der Waals surface area contributed by atoms with Gasteiger partial charge in [-0.3, -0.25) is 4.99 Å². The van der Waals surface area contributed by atoms with Crippen LogP contribution in [0.15, 0.2) is 4.99 Å². The molecular weight excluding hydrogens is 90.1 g/mol. The predicted molar refractivity (Wildman–Crippen MR) is 28.5 cm³/mol. The summed E-state index contributed by atoms with van der Waals surface area (Å²) in [7, 11) is 0. The van der Waals surface area contributed by atoms with Gasteiger partial charge in [0.1, 0.15) is 6.61 Å². The molecule has 0 radical (unpaired) electrons. The van der Waals surface area contributed by atoms with Gasteiger partial charge in [0.2, 0.25) is 0 Å². The van der Waals surface area contributed by atoms with Crippen LogP contribution >= 0.6 is 0 Å². The maximum absolute atomic E-state index is 4.86. The molecule has 1 atom stereocenters. The lowest BCUT2D eigenvalue weighted by atomic mass is 10.3. The van der Waals surface area contributed by atoms with Crippen LogP contribution in [0.3, 0.4) is 0 Å². The molecule has 0 saturated heterocycles. The minimum Gasteiger partial charge on any atom is -0.481 e. The summed E-state index contributed by atoms with van der Waals surface area (Å²) < 4.78 is 4.86. The second-order valence-electron chi connectivity index (χ2n) is 1.65. The average molecular weight is 99.1 g/mol. The van der Waals surface area contributed by atoms with Crippen LogP contribution in [0.25, 0.3) is 0 Å². The van der Waals surface area contributed by atoms with Gasteiger partial charge in [-0.05, 0) is 6.42 Å². The van der Waals surface area contributed by atoms with Gasteiger partial charge >= 0.3 is 0 Å². The molecule has 1 heterocycles. The molecule has 0 saturated carbocycles. The second kappa shape index (κ2) is 1.96. The molecule has 0 spiro atoms. The highest BCUT2D eigenvalue weighted by atomic mass is 16.5. The SMILES string of the molecule is CC[C@H]1COC=N1. The molecule has 7 heavy (non-hydrogen) atoms. The Morgan fingerprint density at radius 2 is 2.86 bits per heavy atom. The number of hydrogen-bond acceptors (Lipinski definition) is 2. The molecule has 0 aromatic heterocycles. The van der Waals surface area contributed by atoms with Crippen LogP contribution in [0, 0.1) is 0 Å². The fraction of sp³-hybridized carbons (Fsp3) is 0.800. The largest absolute Gasteiger partial charge is 0.481 e. The monoisotopic (exact) mass is 99.1 g/mol. The molecule has 0 amide bonds. The summed E-state index contributed by atoms with van der Waals surface area (Å²) in [5.74, 6) is 0. The predicted octanol–water partition coefficient (Wildman–Crippen LogP) is 0.824. The van der Waals surface area contributed by atoms with Crippen molar-refractivity contribution in [1.82, 2.24) is 0 Å². The summed E-state index contributed by atoms with van der Waals surface area (Å²) in [5, 5.41) is 0. The van der Waals surface area contributed by atoms with Crippen molar-refractivity contribution >= 4 is 6.40 Å². The quantitative estimate of drug-likeness (QED) is 0.477. The van der Waals surface area contributed by atoms with Crippen molar-refractivity contribution in [3.63, 3.8) is 0 Å². The van der Waals surface area contributed by atoms with Crippen LogP contribution in [0.1, 0.15) is 13.3 Å².